The Bertz CT molecular complexity index is 409. The quantitative estimate of drug-likeness (QED) is 0.612. The molecule has 0 aliphatic heterocycles. The van der Waals surface area contributed by atoms with Crippen molar-refractivity contribution in [1.29, 1.82) is 0 Å². The highest BCUT2D eigenvalue weighted by molar-refractivity contribution is 5.43. The van der Waals surface area contributed by atoms with Crippen molar-refractivity contribution in [2.75, 3.05) is 5.73 Å². The van der Waals surface area contributed by atoms with Crippen LogP contribution in [0.25, 0.3) is 5.65 Å². The predicted molar refractivity (Wildman–Crippen MR) is 43.3 cm³/mol. The summed E-state index contributed by atoms with van der Waals surface area (Å²) in [5.74, 6) is 0.241. The fraction of sp³-hybridized carbons (Fsp3) is 0.143. The number of hydrogen-bond donors (Lipinski definition) is 2. The Morgan fingerprint density at radius 1 is 1.58 bits per heavy atom. The van der Waals surface area contributed by atoms with Gasteiger partial charge in [0.2, 0.25) is 5.95 Å². The van der Waals surface area contributed by atoms with Crippen LogP contribution >= 0.6 is 0 Å². The second-order valence-corrected chi connectivity index (χ2v) is 2.47. The van der Waals surface area contributed by atoms with E-state index in [1.165, 1.54) is 0 Å². The van der Waals surface area contributed by atoms with E-state index in [1.807, 2.05) is 0 Å². The lowest BCUT2D eigenvalue weighted by molar-refractivity contribution is 0.282. The van der Waals surface area contributed by atoms with Crippen molar-refractivity contribution in [3.05, 3.63) is 23.9 Å². The van der Waals surface area contributed by atoms with Gasteiger partial charge in [-0.05, 0) is 17.7 Å². The van der Waals surface area contributed by atoms with Gasteiger partial charge in [-0.3, -0.25) is 0 Å². The van der Waals surface area contributed by atoms with E-state index in [9.17, 15) is 0 Å². The molecule has 0 unspecified atom stereocenters. The highest BCUT2D eigenvalue weighted by Gasteiger charge is 1.99. The molecule has 2 heterocycles. The number of aliphatic hydroxyl groups excluding tert-OH is 1. The molecular formula is C7H8N4O. The summed E-state index contributed by atoms with van der Waals surface area (Å²) in [6, 6.07) is 3.50. The Balaban J connectivity index is 2.66. The third-order valence-corrected chi connectivity index (χ3v) is 1.60. The fourth-order valence-electron chi connectivity index (χ4n) is 1.04. The molecule has 62 valence electrons. The van der Waals surface area contributed by atoms with E-state index in [1.54, 1.807) is 22.8 Å². The predicted octanol–water partition coefficient (Wildman–Crippen LogP) is -0.196. The van der Waals surface area contributed by atoms with Gasteiger partial charge in [-0.15, -0.1) is 5.10 Å². The van der Waals surface area contributed by atoms with E-state index in [0.29, 0.717) is 5.65 Å². The molecule has 2 rings (SSSR count). The number of nitrogens with zero attached hydrogens (tertiary/aromatic N) is 3. The van der Waals surface area contributed by atoms with Crippen molar-refractivity contribution in [3.8, 4) is 0 Å². The number of nitrogen functional groups attached to an aromatic ring is 1. The Kier molecular flexibility index (Phi) is 1.44. The number of rotatable bonds is 1. The average Bonchev–Trinajstić information content (AvgIpc) is 2.43. The minimum absolute atomic E-state index is 0.00324. The summed E-state index contributed by atoms with van der Waals surface area (Å²) in [5.41, 5.74) is 6.83. The van der Waals surface area contributed by atoms with E-state index in [0.717, 1.165) is 5.56 Å². The average molecular weight is 164 g/mol. The summed E-state index contributed by atoms with van der Waals surface area (Å²) in [5, 5.41) is 12.7. The molecule has 12 heavy (non-hydrogen) atoms. The van der Waals surface area contributed by atoms with Crippen molar-refractivity contribution >= 4 is 11.6 Å². The third kappa shape index (κ3) is 0.998. The van der Waals surface area contributed by atoms with Crippen LogP contribution < -0.4 is 5.73 Å². The normalized spacial score (nSPS) is 10.8. The van der Waals surface area contributed by atoms with E-state index < -0.39 is 0 Å². The van der Waals surface area contributed by atoms with Crippen LogP contribution in [0.1, 0.15) is 5.56 Å². The molecule has 0 spiro atoms. The van der Waals surface area contributed by atoms with Crippen LogP contribution in [0.4, 0.5) is 5.95 Å². The zero-order valence-electron chi connectivity index (χ0n) is 6.31. The number of pyridine rings is 1. The second-order valence-electron chi connectivity index (χ2n) is 2.47. The smallest absolute Gasteiger partial charge is 0.240 e. The molecule has 0 atom stereocenters. The van der Waals surface area contributed by atoms with Crippen molar-refractivity contribution in [1.82, 2.24) is 14.6 Å². The number of aliphatic hydroxyl groups is 1. The van der Waals surface area contributed by atoms with E-state index >= 15 is 0 Å². The maximum Gasteiger partial charge on any atom is 0.240 e. The minimum Gasteiger partial charge on any atom is -0.392 e. The van der Waals surface area contributed by atoms with Gasteiger partial charge in [0.05, 0.1) is 6.61 Å². The molecular weight excluding hydrogens is 156 g/mol. The minimum atomic E-state index is 0.00324. The number of nitrogens with two attached hydrogens (primary N) is 1. The Morgan fingerprint density at radius 2 is 2.42 bits per heavy atom. The topological polar surface area (TPSA) is 76.4 Å². The molecule has 0 saturated heterocycles. The maximum absolute atomic E-state index is 8.82. The third-order valence-electron chi connectivity index (χ3n) is 1.60. The molecule has 0 fully saturated rings. The SMILES string of the molecule is Nc1nc2cc(CO)ccn2n1. The number of aromatic nitrogens is 3. The van der Waals surface area contributed by atoms with Crippen LogP contribution in [0.5, 0.6) is 0 Å². The molecule has 0 amide bonds. The molecule has 0 radical (unpaired) electrons. The van der Waals surface area contributed by atoms with Gasteiger partial charge in [0.1, 0.15) is 0 Å². The summed E-state index contributed by atoms with van der Waals surface area (Å²) in [4.78, 5) is 3.94. The van der Waals surface area contributed by atoms with Gasteiger partial charge in [0, 0.05) is 6.20 Å². The fourth-order valence-corrected chi connectivity index (χ4v) is 1.04. The van der Waals surface area contributed by atoms with Gasteiger partial charge in [-0.2, -0.15) is 4.98 Å². The van der Waals surface area contributed by atoms with Crippen molar-refractivity contribution in [2.45, 2.75) is 6.61 Å². The number of fused-ring (bicyclic) bond motifs is 1. The summed E-state index contributed by atoms with van der Waals surface area (Å²) in [6.45, 7) is 0.00324. The maximum atomic E-state index is 8.82. The Morgan fingerprint density at radius 3 is 3.17 bits per heavy atom. The zero-order valence-corrected chi connectivity index (χ0v) is 6.31. The van der Waals surface area contributed by atoms with Gasteiger partial charge >= 0.3 is 0 Å². The van der Waals surface area contributed by atoms with Crippen LogP contribution in [-0.4, -0.2) is 19.7 Å². The van der Waals surface area contributed by atoms with Crippen LogP contribution in [0.3, 0.4) is 0 Å². The molecule has 5 nitrogen and oxygen atoms in total. The van der Waals surface area contributed by atoms with Gasteiger partial charge in [0.25, 0.3) is 0 Å². The second kappa shape index (κ2) is 2.46. The monoisotopic (exact) mass is 164 g/mol. The Hall–Kier alpha value is -1.62. The zero-order chi connectivity index (χ0) is 8.55. The van der Waals surface area contributed by atoms with Crippen molar-refractivity contribution < 1.29 is 5.11 Å². The van der Waals surface area contributed by atoms with Gasteiger partial charge in [0.15, 0.2) is 5.65 Å². The molecule has 0 bridgehead atoms. The molecule has 3 N–H and O–H groups in total. The van der Waals surface area contributed by atoms with Crippen LogP contribution in [0.2, 0.25) is 0 Å². The summed E-state index contributed by atoms with van der Waals surface area (Å²) < 4.78 is 1.56. The first kappa shape index (κ1) is 7.05. The lowest BCUT2D eigenvalue weighted by Gasteiger charge is -1.94. The molecule has 2 aromatic heterocycles. The molecule has 0 aromatic carbocycles. The summed E-state index contributed by atoms with van der Waals surface area (Å²) in [6.07, 6.45) is 1.71. The van der Waals surface area contributed by atoms with Crippen molar-refractivity contribution in [3.63, 3.8) is 0 Å². The summed E-state index contributed by atoms with van der Waals surface area (Å²) in [7, 11) is 0. The number of hydrogen-bond acceptors (Lipinski definition) is 4. The first-order valence-electron chi connectivity index (χ1n) is 3.51. The largest absolute Gasteiger partial charge is 0.392 e. The molecule has 0 aliphatic rings. The van der Waals surface area contributed by atoms with Crippen LogP contribution in [0, 0.1) is 0 Å². The standard InChI is InChI=1S/C7H8N4O/c8-7-9-6-3-5(4-12)1-2-11(6)10-7/h1-3,12H,4H2,(H2,8,10). The van der Waals surface area contributed by atoms with E-state index in [2.05, 4.69) is 10.1 Å². The van der Waals surface area contributed by atoms with Gasteiger partial charge < -0.3 is 10.8 Å². The van der Waals surface area contributed by atoms with E-state index in [4.69, 9.17) is 10.8 Å². The van der Waals surface area contributed by atoms with E-state index in [-0.39, 0.29) is 12.6 Å². The summed E-state index contributed by atoms with van der Waals surface area (Å²) >= 11 is 0. The lowest BCUT2D eigenvalue weighted by atomic mass is 10.3. The lowest BCUT2D eigenvalue weighted by Crippen LogP contribution is -1.90. The first-order chi connectivity index (χ1) is 5.79. The first-order valence-corrected chi connectivity index (χ1v) is 3.51. The Labute approximate surface area is 68.5 Å². The molecule has 0 aliphatic carbocycles. The molecule has 2 aromatic rings. The molecule has 0 saturated carbocycles. The van der Waals surface area contributed by atoms with Crippen LogP contribution in [0.15, 0.2) is 18.3 Å². The van der Waals surface area contributed by atoms with Gasteiger partial charge in [-0.25, -0.2) is 4.52 Å². The number of anilines is 1. The van der Waals surface area contributed by atoms with Gasteiger partial charge in [-0.1, -0.05) is 0 Å². The highest BCUT2D eigenvalue weighted by Crippen LogP contribution is 2.05. The molecule has 5 heteroatoms. The van der Waals surface area contributed by atoms with Crippen LogP contribution in [-0.2, 0) is 6.61 Å². The highest BCUT2D eigenvalue weighted by atomic mass is 16.3. The van der Waals surface area contributed by atoms with Crippen molar-refractivity contribution in [2.24, 2.45) is 0 Å².